The maximum absolute atomic E-state index is 12.7. The molecule has 1 aliphatic heterocycles. The number of amides is 2. The van der Waals surface area contributed by atoms with E-state index in [9.17, 15) is 19.5 Å². The van der Waals surface area contributed by atoms with Crippen LogP contribution in [0.5, 0.6) is 0 Å². The third kappa shape index (κ3) is 4.18. The molecule has 32 heavy (non-hydrogen) atoms. The Bertz CT molecular complexity index is 1000. The highest BCUT2D eigenvalue weighted by molar-refractivity contribution is 5.90. The van der Waals surface area contributed by atoms with Crippen molar-refractivity contribution in [3.8, 4) is 11.1 Å². The Morgan fingerprint density at radius 3 is 2.19 bits per heavy atom. The number of carboxylic acids is 1. The van der Waals surface area contributed by atoms with E-state index in [-0.39, 0.29) is 12.5 Å². The lowest BCUT2D eigenvalue weighted by Crippen LogP contribution is -2.66. The Morgan fingerprint density at radius 1 is 1.09 bits per heavy atom. The smallest absolute Gasteiger partial charge is 0.407 e. The highest BCUT2D eigenvalue weighted by Crippen LogP contribution is 2.44. The second-order valence-corrected chi connectivity index (χ2v) is 8.47. The second-order valence-electron chi connectivity index (χ2n) is 8.47. The number of nitrogens with zero attached hydrogens (tertiary/aromatic N) is 1. The molecule has 2 aromatic rings. The molecular weight excluding hydrogens is 412 g/mol. The monoisotopic (exact) mass is 438 g/mol. The minimum absolute atomic E-state index is 0.0826. The highest BCUT2D eigenvalue weighted by Gasteiger charge is 2.44. The number of hydrogen-bond donors (Lipinski definition) is 2. The zero-order valence-corrected chi connectivity index (χ0v) is 18.0. The number of benzene rings is 2. The Labute approximate surface area is 186 Å². The molecule has 2 amide bonds. The van der Waals surface area contributed by atoms with E-state index in [1.807, 2.05) is 55.5 Å². The van der Waals surface area contributed by atoms with Gasteiger partial charge in [-0.3, -0.25) is 9.59 Å². The molecule has 0 bridgehead atoms. The van der Waals surface area contributed by atoms with Gasteiger partial charge in [0.1, 0.15) is 12.6 Å². The van der Waals surface area contributed by atoms with Crippen LogP contribution in [0.4, 0.5) is 4.79 Å². The summed E-state index contributed by atoms with van der Waals surface area (Å²) in [6.07, 6.45) is -1.34. The number of alkyl carbamates (subject to hydrolysis) is 1. The predicted molar refractivity (Wildman–Crippen MR) is 116 cm³/mol. The normalized spacial score (nSPS) is 17.0. The zero-order valence-electron chi connectivity index (χ0n) is 18.0. The van der Waals surface area contributed by atoms with Gasteiger partial charge in [-0.25, -0.2) is 4.79 Å². The van der Waals surface area contributed by atoms with Crippen LogP contribution in [0.25, 0.3) is 11.1 Å². The Kier molecular flexibility index (Phi) is 5.88. The van der Waals surface area contributed by atoms with Gasteiger partial charge in [0.05, 0.1) is 25.1 Å². The van der Waals surface area contributed by atoms with Gasteiger partial charge in [0, 0.05) is 13.0 Å². The topological polar surface area (TPSA) is 105 Å². The van der Waals surface area contributed by atoms with E-state index >= 15 is 0 Å². The first-order valence-electron chi connectivity index (χ1n) is 10.5. The third-order valence-corrected chi connectivity index (χ3v) is 6.17. The highest BCUT2D eigenvalue weighted by atomic mass is 16.5. The minimum Gasteiger partial charge on any atom is -0.481 e. The lowest BCUT2D eigenvalue weighted by molar-refractivity contribution is -0.161. The summed E-state index contributed by atoms with van der Waals surface area (Å²) in [5.74, 6) is -1.77. The van der Waals surface area contributed by atoms with Crippen molar-refractivity contribution in [2.75, 3.05) is 26.8 Å². The first-order valence-corrected chi connectivity index (χ1v) is 10.5. The summed E-state index contributed by atoms with van der Waals surface area (Å²) < 4.78 is 10.8. The first kappa shape index (κ1) is 21.8. The molecule has 0 radical (unpaired) electrons. The lowest BCUT2D eigenvalue weighted by Gasteiger charge is -2.47. The van der Waals surface area contributed by atoms with Gasteiger partial charge in [0.25, 0.3) is 0 Å². The fourth-order valence-corrected chi connectivity index (χ4v) is 4.42. The van der Waals surface area contributed by atoms with Crippen LogP contribution in [0.15, 0.2) is 48.5 Å². The van der Waals surface area contributed by atoms with Gasteiger partial charge in [0.2, 0.25) is 5.91 Å². The molecule has 2 aliphatic rings. The summed E-state index contributed by atoms with van der Waals surface area (Å²) in [5, 5.41) is 11.6. The van der Waals surface area contributed by atoms with Crippen LogP contribution in [0.2, 0.25) is 0 Å². The molecule has 2 N–H and O–H groups in total. The third-order valence-electron chi connectivity index (χ3n) is 6.17. The Balaban J connectivity index is 1.41. The number of rotatable bonds is 7. The van der Waals surface area contributed by atoms with Crippen LogP contribution >= 0.6 is 0 Å². The van der Waals surface area contributed by atoms with E-state index in [4.69, 9.17) is 9.47 Å². The molecule has 0 saturated carbocycles. The van der Waals surface area contributed by atoms with Crippen molar-refractivity contribution in [3.05, 3.63) is 59.7 Å². The van der Waals surface area contributed by atoms with Crippen LogP contribution in [-0.4, -0.2) is 66.4 Å². The van der Waals surface area contributed by atoms with E-state index in [2.05, 4.69) is 5.32 Å². The minimum atomic E-state index is -1.20. The van der Waals surface area contributed by atoms with E-state index in [0.717, 1.165) is 22.3 Å². The summed E-state index contributed by atoms with van der Waals surface area (Å²) in [6, 6.07) is 14.7. The quantitative estimate of drug-likeness (QED) is 0.689. The number of hydrogen-bond acceptors (Lipinski definition) is 5. The number of carbonyl (C=O) groups excluding carboxylic acids is 2. The van der Waals surface area contributed by atoms with E-state index in [1.165, 1.54) is 4.90 Å². The molecule has 1 aliphatic carbocycles. The van der Waals surface area contributed by atoms with Gasteiger partial charge >= 0.3 is 12.1 Å². The largest absolute Gasteiger partial charge is 0.481 e. The molecule has 8 nitrogen and oxygen atoms in total. The number of ether oxygens (including phenoxy) is 2. The van der Waals surface area contributed by atoms with Crippen molar-refractivity contribution in [3.63, 3.8) is 0 Å². The van der Waals surface area contributed by atoms with Crippen LogP contribution in [0, 0.1) is 0 Å². The van der Waals surface area contributed by atoms with Gasteiger partial charge in [-0.1, -0.05) is 48.5 Å². The van der Waals surface area contributed by atoms with E-state index in [0.29, 0.717) is 13.1 Å². The molecule has 4 rings (SSSR count). The fraction of sp³-hybridized carbons (Fsp3) is 0.375. The van der Waals surface area contributed by atoms with Crippen LogP contribution in [0.1, 0.15) is 30.4 Å². The summed E-state index contributed by atoms with van der Waals surface area (Å²) in [7, 11) is 1.56. The SMILES string of the molecule is COC1(C)CN(C(=O)C(CC(=O)O)NC(=O)OCC2c3ccccc3-c3ccccc32)C1. The second kappa shape index (κ2) is 8.63. The summed E-state index contributed by atoms with van der Waals surface area (Å²) >= 11 is 0. The number of fused-ring (bicyclic) bond motifs is 3. The van der Waals surface area contributed by atoms with Crippen LogP contribution in [-0.2, 0) is 19.1 Å². The van der Waals surface area contributed by atoms with Gasteiger partial charge in [0.15, 0.2) is 0 Å². The average molecular weight is 438 g/mol. The molecule has 8 heteroatoms. The number of carboxylic acid groups (broad SMARTS) is 1. The maximum Gasteiger partial charge on any atom is 0.407 e. The van der Waals surface area contributed by atoms with Crippen molar-refractivity contribution in [1.29, 1.82) is 0 Å². The molecule has 0 spiro atoms. The number of aliphatic carboxylic acids is 1. The van der Waals surface area contributed by atoms with Crippen molar-refractivity contribution >= 4 is 18.0 Å². The molecule has 1 unspecified atom stereocenters. The molecule has 0 aromatic heterocycles. The van der Waals surface area contributed by atoms with Crippen molar-refractivity contribution in [2.24, 2.45) is 0 Å². The molecule has 1 saturated heterocycles. The summed E-state index contributed by atoms with van der Waals surface area (Å²) in [5.41, 5.74) is 3.90. The summed E-state index contributed by atoms with van der Waals surface area (Å²) in [6.45, 7) is 2.62. The standard InChI is InChI=1S/C24H26N2O6/c1-24(31-2)13-26(14-24)22(29)20(11-21(27)28)25-23(30)32-12-19-17-9-5-3-7-15(17)16-8-4-6-10-18(16)19/h3-10,19-20H,11-14H2,1-2H3,(H,25,30)(H,27,28). The number of methoxy groups -OCH3 is 1. The van der Waals surface area contributed by atoms with Gasteiger partial charge < -0.3 is 24.8 Å². The van der Waals surface area contributed by atoms with Crippen molar-refractivity contribution < 1.29 is 29.0 Å². The zero-order chi connectivity index (χ0) is 22.9. The van der Waals surface area contributed by atoms with Crippen LogP contribution < -0.4 is 5.32 Å². The average Bonchev–Trinajstić information content (AvgIpc) is 3.08. The molecule has 1 heterocycles. The lowest BCUT2D eigenvalue weighted by atomic mass is 9.95. The fourth-order valence-electron chi connectivity index (χ4n) is 4.42. The van der Waals surface area contributed by atoms with Gasteiger partial charge in [-0.05, 0) is 29.2 Å². The summed E-state index contributed by atoms with van der Waals surface area (Å²) in [4.78, 5) is 38.0. The van der Waals surface area contributed by atoms with Crippen molar-refractivity contribution in [2.45, 2.75) is 30.9 Å². The number of likely N-dealkylation sites (tertiary alicyclic amines) is 1. The molecule has 168 valence electrons. The Morgan fingerprint density at radius 2 is 1.66 bits per heavy atom. The van der Waals surface area contributed by atoms with E-state index in [1.54, 1.807) is 7.11 Å². The Hall–Kier alpha value is -3.39. The number of carbonyl (C=O) groups is 3. The van der Waals surface area contributed by atoms with Gasteiger partial charge in [-0.15, -0.1) is 0 Å². The van der Waals surface area contributed by atoms with Gasteiger partial charge in [-0.2, -0.15) is 0 Å². The predicted octanol–water partition coefficient (Wildman–Crippen LogP) is 2.62. The molecule has 1 atom stereocenters. The number of nitrogens with one attached hydrogen (secondary N) is 1. The maximum atomic E-state index is 12.7. The van der Waals surface area contributed by atoms with E-state index < -0.39 is 36.0 Å². The molecule has 2 aromatic carbocycles. The van der Waals surface area contributed by atoms with Crippen molar-refractivity contribution in [1.82, 2.24) is 10.2 Å². The van der Waals surface area contributed by atoms with Crippen LogP contribution in [0.3, 0.4) is 0 Å². The molecular formula is C24H26N2O6. The first-order chi connectivity index (χ1) is 15.3. The molecule has 1 fully saturated rings.